The van der Waals surface area contributed by atoms with Gasteiger partial charge in [-0.25, -0.2) is 9.97 Å². The first-order valence-corrected chi connectivity index (χ1v) is 10.3. The number of nitrogens with one attached hydrogen (secondary N) is 1. The van der Waals surface area contributed by atoms with Crippen molar-refractivity contribution in [3.63, 3.8) is 0 Å². The normalized spacial score (nSPS) is 17.1. The first kappa shape index (κ1) is 20.2. The van der Waals surface area contributed by atoms with Crippen molar-refractivity contribution in [2.24, 2.45) is 0 Å². The van der Waals surface area contributed by atoms with Crippen molar-refractivity contribution in [1.29, 1.82) is 0 Å². The molecule has 0 spiro atoms. The fraction of sp³-hybridized carbons (Fsp3) is 0.391. The predicted octanol–water partition coefficient (Wildman–Crippen LogP) is 3.23. The van der Waals surface area contributed by atoms with E-state index in [1.807, 2.05) is 0 Å². The second kappa shape index (κ2) is 8.75. The van der Waals surface area contributed by atoms with Gasteiger partial charge in [0.15, 0.2) is 5.82 Å². The molecule has 0 bridgehead atoms. The molecule has 1 unspecified atom stereocenters. The molecule has 0 saturated carbocycles. The number of piperidine rings is 1. The van der Waals surface area contributed by atoms with Crippen LogP contribution >= 0.6 is 0 Å². The third-order valence-electron chi connectivity index (χ3n) is 5.74. The lowest BCUT2D eigenvalue weighted by Crippen LogP contribution is -2.35. The lowest BCUT2D eigenvalue weighted by Gasteiger charge is -2.33. The van der Waals surface area contributed by atoms with Crippen molar-refractivity contribution >= 4 is 0 Å². The Kier molecular flexibility index (Phi) is 5.90. The topological polar surface area (TPSA) is 84.0 Å². The molecule has 1 aliphatic rings. The molecule has 7 nitrogen and oxygen atoms in total. The second-order valence-electron chi connectivity index (χ2n) is 7.93. The van der Waals surface area contributed by atoms with Crippen LogP contribution in [0.25, 0.3) is 11.5 Å². The molecule has 4 rings (SSSR count). The maximum Gasteiger partial charge on any atom is 0.251 e. The van der Waals surface area contributed by atoms with E-state index in [4.69, 9.17) is 9.72 Å². The highest BCUT2D eigenvalue weighted by molar-refractivity contribution is 5.46. The summed E-state index contributed by atoms with van der Waals surface area (Å²) in [6.07, 6.45) is 6.92. The Morgan fingerprint density at radius 3 is 2.83 bits per heavy atom. The van der Waals surface area contributed by atoms with Crippen molar-refractivity contribution in [3.05, 3.63) is 69.5 Å². The third kappa shape index (κ3) is 4.41. The fourth-order valence-corrected chi connectivity index (χ4v) is 4.15. The number of hydrogen-bond donors (Lipinski definition) is 1. The number of aromatic nitrogens is 4. The molecule has 3 aromatic rings. The highest BCUT2D eigenvalue weighted by Gasteiger charge is 2.24. The molecule has 0 radical (unpaired) electrons. The van der Waals surface area contributed by atoms with Gasteiger partial charge in [0.2, 0.25) is 0 Å². The number of aryl methyl sites for hydroxylation is 2. The number of methoxy groups -OCH3 is 1. The van der Waals surface area contributed by atoms with E-state index in [1.54, 1.807) is 31.8 Å². The van der Waals surface area contributed by atoms with E-state index in [1.165, 1.54) is 11.1 Å². The highest BCUT2D eigenvalue weighted by Crippen LogP contribution is 2.29. The lowest BCUT2D eigenvalue weighted by molar-refractivity contribution is 0.198. The Hall–Kier alpha value is -3.06. The standard InChI is InChI=1S/C23H27N5O2/c1-15-10-21(30-3)16(2)9-18(15)14-28-8-4-5-17(13-28)19-11-22(29)27-23(26-19)20-12-24-6-7-25-20/h6-7,9-12,17H,4-5,8,13-14H2,1-3H3,(H,26,27,29). The lowest BCUT2D eigenvalue weighted by atomic mass is 9.93. The molecule has 1 aromatic carbocycles. The number of aromatic amines is 1. The van der Waals surface area contributed by atoms with Gasteiger partial charge in [-0.3, -0.25) is 14.7 Å². The van der Waals surface area contributed by atoms with Crippen LogP contribution in [0.1, 0.15) is 41.1 Å². The van der Waals surface area contributed by atoms with Gasteiger partial charge >= 0.3 is 0 Å². The van der Waals surface area contributed by atoms with Gasteiger partial charge in [-0.1, -0.05) is 6.07 Å². The van der Waals surface area contributed by atoms with Gasteiger partial charge < -0.3 is 9.72 Å². The van der Waals surface area contributed by atoms with Gasteiger partial charge in [-0.15, -0.1) is 0 Å². The van der Waals surface area contributed by atoms with Gasteiger partial charge in [-0.05, 0) is 56.0 Å². The van der Waals surface area contributed by atoms with Crippen LogP contribution in [0.5, 0.6) is 5.75 Å². The van der Waals surface area contributed by atoms with Gasteiger partial charge in [0.1, 0.15) is 11.4 Å². The van der Waals surface area contributed by atoms with E-state index in [0.29, 0.717) is 11.5 Å². The summed E-state index contributed by atoms with van der Waals surface area (Å²) in [5.74, 6) is 1.62. The molecule has 1 atom stereocenters. The minimum Gasteiger partial charge on any atom is -0.496 e. The fourth-order valence-electron chi connectivity index (χ4n) is 4.15. The summed E-state index contributed by atoms with van der Waals surface area (Å²) in [5.41, 5.74) is 4.95. The maximum atomic E-state index is 12.3. The highest BCUT2D eigenvalue weighted by atomic mass is 16.5. The molecule has 2 aromatic heterocycles. The van der Waals surface area contributed by atoms with E-state index in [9.17, 15) is 4.79 Å². The van der Waals surface area contributed by atoms with Crippen molar-refractivity contribution < 1.29 is 4.74 Å². The first-order valence-electron chi connectivity index (χ1n) is 10.3. The van der Waals surface area contributed by atoms with E-state index in [0.717, 1.165) is 49.5 Å². The Morgan fingerprint density at radius 2 is 2.07 bits per heavy atom. The van der Waals surface area contributed by atoms with Crippen molar-refractivity contribution in [2.75, 3.05) is 20.2 Å². The van der Waals surface area contributed by atoms with Crippen LogP contribution in [-0.2, 0) is 6.54 Å². The van der Waals surface area contributed by atoms with Crippen LogP contribution < -0.4 is 10.3 Å². The first-order chi connectivity index (χ1) is 14.5. The molecule has 1 fully saturated rings. The van der Waals surface area contributed by atoms with Crippen LogP contribution in [0.4, 0.5) is 0 Å². The molecule has 1 aliphatic heterocycles. The Bertz CT molecular complexity index is 1080. The molecule has 0 amide bonds. The summed E-state index contributed by atoms with van der Waals surface area (Å²) in [6.45, 7) is 7.01. The summed E-state index contributed by atoms with van der Waals surface area (Å²) in [4.78, 5) is 30.6. The summed E-state index contributed by atoms with van der Waals surface area (Å²) in [6, 6.07) is 5.95. The number of ether oxygens (including phenoxy) is 1. The third-order valence-corrected chi connectivity index (χ3v) is 5.74. The van der Waals surface area contributed by atoms with Gasteiger partial charge in [-0.2, -0.15) is 0 Å². The van der Waals surface area contributed by atoms with Crippen LogP contribution in [0, 0.1) is 13.8 Å². The molecule has 1 saturated heterocycles. The summed E-state index contributed by atoms with van der Waals surface area (Å²) < 4.78 is 5.44. The van der Waals surface area contributed by atoms with Gasteiger partial charge in [0, 0.05) is 37.5 Å². The second-order valence-corrected chi connectivity index (χ2v) is 7.93. The average Bonchev–Trinajstić information content (AvgIpc) is 2.76. The number of rotatable bonds is 5. The number of H-pyrrole nitrogens is 1. The maximum absolute atomic E-state index is 12.3. The van der Waals surface area contributed by atoms with Gasteiger partial charge in [0.25, 0.3) is 5.56 Å². The van der Waals surface area contributed by atoms with Crippen molar-refractivity contribution in [2.45, 2.75) is 39.2 Å². The van der Waals surface area contributed by atoms with Crippen LogP contribution in [0.15, 0.2) is 41.6 Å². The van der Waals surface area contributed by atoms with Gasteiger partial charge in [0.05, 0.1) is 19.0 Å². The number of likely N-dealkylation sites (tertiary alicyclic amines) is 1. The summed E-state index contributed by atoms with van der Waals surface area (Å²) in [7, 11) is 1.71. The van der Waals surface area contributed by atoms with E-state index in [2.05, 4.69) is 45.8 Å². The molecule has 156 valence electrons. The van der Waals surface area contributed by atoms with E-state index < -0.39 is 0 Å². The SMILES string of the molecule is COc1cc(C)c(CN2CCCC(c3cc(=O)[nH]c(-c4cnccn4)n3)C2)cc1C. The molecule has 30 heavy (non-hydrogen) atoms. The Morgan fingerprint density at radius 1 is 1.20 bits per heavy atom. The molecule has 0 aliphatic carbocycles. The Labute approximate surface area is 176 Å². The van der Waals surface area contributed by atoms with E-state index >= 15 is 0 Å². The predicted molar refractivity (Wildman–Crippen MR) is 116 cm³/mol. The number of benzene rings is 1. The zero-order valence-corrected chi connectivity index (χ0v) is 17.7. The van der Waals surface area contributed by atoms with Crippen LogP contribution in [-0.4, -0.2) is 45.0 Å². The Balaban J connectivity index is 1.54. The monoisotopic (exact) mass is 405 g/mol. The number of hydrogen-bond acceptors (Lipinski definition) is 6. The smallest absolute Gasteiger partial charge is 0.251 e. The average molecular weight is 406 g/mol. The summed E-state index contributed by atoms with van der Waals surface area (Å²) in [5, 5.41) is 0. The minimum atomic E-state index is -0.153. The quantitative estimate of drug-likeness (QED) is 0.702. The van der Waals surface area contributed by atoms with Crippen LogP contribution in [0.3, 0.4) is 0 Å². The zero-order valence-electron chi connectivity index (χ0n) is 17.7. The molecule has 7 heteroatoms. The molecule has 3 heterocycles. The molecule has 1 N–H and O–H groups in total. The number of nitrogens with zero attached hydrogens (tertiary/aromatic N) is 4. The van der Waals surface area contributed by atoms with Crippen LogP contribution in [0.2, 0.25) is 0 Å². The summed E-state index contributed by atoms with van der Waals surface area (Å²) >= 11 is 0. The van der Waals surface area contributed by atoms with Crippen molar-refractivity contribution in [3.8, 4) is 17.3 Å². The largest absolute Gasteiger partial charge is 0.496 e. The molecular formula is C23H27N5O2. The van der Waals surface area contributed by atoms with E-state index in [-0.39, 0.29) is 11.5 Å². The zero-order chi connectivity index (χ0) is 21.1. The molecular weight excluding hydrogens is 378 g/mol. The minimum absolute atomic E-state index is 0.153. The van der Waals surface area contributed by atoms with Crippen molar-refractivity contribution in [1.82, 2.24) is 24.8 Å².